The first-order valence-electron chi connectivity index (χ1n) is 13.5. The fourth-order valence-corrected chi connectivity index (χ4v) is 13.4. The van der Waals surface area contributed by atoms with E-state index < -0.39 is 29.3 Å². The van der Waals surface area contributed by atoms with Gasteiger partial charge >= 0.3 is 246 Å². The Morgan fingerprint density at radius 1 is 0.857 bits per heavy atom. The van der Waals surface area contributed by atoms with E-state index in [2.05, 4.69) is 4.98 Å². The Hall–Kier alpha value is -4.14. The Bertz CT molecular complexity index is 1650. The molecule has 2 bridgehead atoms. The SMILES string of the molecule is CC=CP(OS(=O)(=O)ON1C(=O)N2CC=C(c3cccnc3)C1C2)(c1ccccc1)(c1ccccc1)c1ccccc1. The number of carbonyl (C=O) groups is 1. The number of hydrogen-bond donors (Lipinski definition) is 0. The van der Waals surface area contributed by atoms with Crippen molar-refractivity contribution in [2.45, 2.75) is 13.0 Å². The first kappa shape index (κ1) is 28.0. The van der Waals surface area contributed by atoms with E-state index in [0.29, 0.717) is 22.5 Å². The van der Waals surface area contributed by atoms with Crippen molar-refractivity contribution in [1.82, 2.24) is 14.9 Å². The summed E-state index contributed by atoms with van der Waals surface area (Å²) in [6.07, 6.45) is 7.06. The van der Waals surface area contributed by atoms with E-state index >= 15 is 0 Å². The summed E-state index contributed by atoms with van der Waals surface area (Å²) in [7, 11) is -4.88. The van der Waals surface area contributed by atoms with Crippen molar-refractivity contribution >= 4 is 44.7 Å². The summed E-state index contributed by atoms with van der Waals surface area (Å²) in [5.41, 5.74) is 1.55. The molecule has 2 aliphatic rings. The topological polar surface area (TPSA) is 89.0 Å². The van der Waals surface area contributed by atoms with Gasteiger partial charge in [-0.05, 0) is 0 Å². The van der Waals surface area contributed by atoms with E-state index in [1.165, 1.54) is 4.90 Å². The Balaban J connectivity index is 1.51. The van der Waals surface area contributed by atoms with E-state index in [1.54, 1.807) is 18.5 Å². The number of hydrogen-bond acceptors (Lipinski definition) is 6. The van der Waals surface area contributed by atoms with Crippen LogP contribution >= 0.6 is 6.83 Å². The summed E-state index contributed by atoms with van der Waals surface area (Å²) < 4.78 is 40.8. The molecular weight excluding hydrogens is 569 g/mol. The third kappa shape index (κ3) is 4.55. The molecule has 0 spiro atoms. The quantitative estimate of drug-likeness (QED) is 0.258. The molecule has 3 heterocycles. The summed E-state index contributed by atoms with van der Waals surface area (Å²) >= 11 is 0. The molecule has 0 N–H and O–H groups in total. The van der Waals surface area contributed by atoms with Gasteiger partial charge < -0.3 is 0 Å². The number of pyridine rings is 1. The monoisotopic (exact) mass is 599 g/mol. The molecule has 42 heavy (non-hydrogen) atoms. The van der Waals surface area contributed by atoms with E-state index in [9.17, 15) is 13.2 Å². The second-order valence-corrected chi connectivity index (χ2v) is 15.7. The molecule has 1 unspecified atom stereocenters. The molecule has 1 saturated heterocycles. The van der Waals surface area contributed by atoms with Gasteiger partial charge in [0.15, 0.2) is 0 Å². The molecular formula is C32H30N3O5PS. The summed E-state index contributed by atoms with van der Waals surface area (Å²) in [4.78, 5) is 19.1. The molecule has 8 nitrogen and oxygen atoms in total. The second-order valence-electron chi connectivity index (χ2n) is 10.1. The summed E-state index contributed by atoms with van der Waals surface area (Å²) in [6, 6.07) is 30.4. The van der Waals surface area contributed by atoms with Crippen molar-refractivity contribution in [3.63, 3.8) is 0 Å². The third-order valence-corrected chi connectivity index (χ3v) is 14.8. The van der Waals surface area contributed by atoms with E-state index in [0.717, 1.165) is 16.2 Å². The van der Waals surface area contributed by atoms with Crippen LogP contribution in [0.25, 0.3) is 5.57 Å². The number of nitrogens with zero attached hydrogens (tertiary/aromatic N) is 3. The number of benzene rings is 3. The first-order chi connectivity index (χ1) is 20.4. The number of fused-ring (bicyclic) bond motifs is 2. The molecule has 4 aromatic rings. The van der Waals surface area contributed by atoms with Gasteiger partial charge in [0.25, 0.3) is 0 Å². The number of urea groups is 1. The van der Waals surface area contributed by atoms with Gasteiger partial charge in [0.1, 0.15) is 0 Å². The van der Waals surface area contributed by atoms with Crippen molar-refractivity contribution in [3.05, 3.63) is 139 Å². The zero-order valence-corrected chi connectivity index (χ0v) is 24.6. The Morgan fingerprint density at radius 2 is 1.43 bits per heavy atom. The zero-order valence-electron chi connectivity index (χ0n) is 22.9. The summed E-state index contributed by atoms with van der Waals surface area (Å²) in [5.74, 6) is 1.85. The Kier molecular flexibility index (Phi) is 7.29. The average Bonchev–Trinajstić information content (AvgIpc) is 3.26. The molecule has 2 aliphatic heterocycles. The van der Waals surface area contributed by atoms with Crippen LogP contribution in [-0.2, 0) is 18.7 Å². The van der Waals surface area contributed by atoms with Crippen LogP contribution in [0.15, 0.2) is 133 Å². The number of rotatable bonds is 9. The van der Waals surface area contributed by atoms with Crippen LogP contribution in [0, 0.1) is 0 Å². The molecule has 1 fully saturated rings. The van der Waals surface area contributed by atoms with Crippen LogP contribution in [0.3, 0.4) is 0 Å². The standard InChI is InChI=1S/C32H30N3O5PS/c1-2-23-41(27-14-6-3-7-15-27,28-16-8-4-9-17-28,29-18-10-5-11-19-29)40-42(37,38)39-35-31-25-34(32(35)36)22-20-30(31)26-13-12-21-33-24-26/h2-21,23-24,31H,22,25H2,1H3. The molecule has 3 aromatic carbocycles. The molecule has 214 valence electrons. The minimum atomic E-state index is -4.88. The van der Waals surface area contributed by atoms with Crippen LogP contribution in [0.4, 0.5) is 4.79 Å². The van der Waals surface area contributed by atoms with Gasteiger partial charge in [-0.25, -0.2) is 0 Å². The number of hydroxylamine groups is 2. The third-order valence-electron chi connectivity index (χ3n) is 7.68. The molecule has 10 heteroatoms. The maximum absolute atomic E-state index is 14.3. The van der Waals surface area contributed by atoms with Gasteiger partial charge in [-0.1, -0.05) is 0 Å². The van der Waals surface area contributed by atoms with Crippen molar-refractivity contribution in [1.29, 1.82) is 0 Å². The number of aromatic nitrogens is 1. The van der Waals surface area contributed by atoms with Crippen LogP contribution in [0.2, 0.25) is 0 Å². The molecule has 1 aromatic heterocycles. The van der Waals surface area contributed by atoms with Crippen molar-refractivity contribution in [2.75, 3.05) is 13.1 Å². The van der Waals surface area contributed by atoms with Crippen LogP contribution in [-0.4, -0.2) is 48.5 Å². The molecule has 0 saturated carbocycles. The summed E-state index contributed by atoms with van der Waals surface area (Å²) in [5, 5.41) is 2.91. The zero-order chi connectivity index (χ0) is 29.2. The van der Waals surface area contributed by atoms with E-state index in [-0.39, 0.29) is 6.54 Å². The van der Waals surface area contributed by atoms with E-state index in [1.807, 2.05) is 122 Å². The average molecular weight is 600 g/mol. The maximum atomic E-state index is 14.3. The number of amides is 2. The molecule has 2 amide bonds. The molecule has 1 atom stereocenters. The van der Waals surface area contributed by atoms with Crippen molar-refractivity contribution in [2.24, 2.45) is 0 Å². The number of allylic oxidation sites excluding steroid dienone is 1. The summed E-state index contributed by atoms with van der Waals surface area (Å²) in [6.45, 7) is -1.98. The van der Waals surface area contributed by atoms with Gasteiger partial charge in [-0.3, -0.25) is 0 Å². The Labute approximate surface area is 245 Å². The van der Waals surface area contributed by atoms with Gasteiger partial charge in [0.05, 0.1) is 0 Å². The van der Waals surface area contributed by atoms with Crippen molar-refractivity contribution in [3.8, 4) is 0 Å². The van der Waals surface area contributed by atoms with Gasteiger partial charge in [0.2, 0.25) is 0 Å². The second kappa shape index (κ2) is 10.9. The van der Waals surface area contributed by atoms with Crippen molar-refractivity contribution < 1.29 is 21.5 Å². The minimum absolute atomic E-state index is 0.281. The predicted molar refractivity (Wildman–Crippen MR) is 166 cm³/mol. The Morgan fingerprint density at radius 3 is 1.93 bits per heavy atom. The predicted octanol–water partition coefficient (Wildman–Crippen LogP) is 4.76. The fraction of sp³-hybridized carbons (Fsp3) is 0.125. The normalized spacial score (nSPS) is 18.1. The molecule has 0 aliphatic carbocycles. The fourth-order valence-electron chi connectivity index (χ4n) is 5.90. The first-order valence-corrected chi connectivity index (χ1v) is 17.1. The van der Waals surface area contributed by atoms with Gasteiger partial charge in [-0.2, -0.15) is 0 Å². The van der Waals surface area contributed by atoms with E-state index in [4.69, 9.17) is 8.25 Å². The number of carbonyl (C=O) groups excluding carboxylic acids is 1. The molecule has 6 rings (SSSR count). The van der Waals surface area contributed by atoms with Gasteiger partial charge in [0, 0.05) is 0 Å². The molecule has 0 radical (unpaired) electrons. The van der Waals surface area contributed by atoms with Crippen LogP contribution in [0.1, 0.15) is 12.5 Å². The van der Waals surface area contributed by atoms with Gasteiger partial charge in [-0.15, -0.1) is 0 Å². The van der Waals surface area contributed by atoms with Crippen LogP contribution in [0.5, 0.6) is 0 Å². The van der Waals surface area contributed by atoms with Crippen LogP contribution < -0.4 is 15.9 Å².